The summed E-state index contributed by atoms with van der Waals surface area (Å²) in [7, 11) is 0. The summed E-state index contributed by atoms with van der Waals surface area (Å²) in [6, 6.07) is 0.313. The standard InChI is InChI=1S/C13H25N3O/c1-13(7-3-2-4-8-13)12(17)15-16-9-5-11(14)6-10-16/h11H,2-10,14H2,1H3,(H,15,17). The molecule has 0 aromatic carbocycles. The minimum atomic E-state index is -0.141. The predicted octanol–water partition coefficient (Wildman–Crippen LogP) is 1.41. The molecule has 1 saturated carbocycles. The van der Waals surface area contributed by atoms with Crippen LogP contribution in [0.25, 0.3) is 0 Å². The third-order valence-electron chi connectivity index (χ3n) is 4.30. The van der Waals surface area contributed by atoms with Gasteiger partial charge < -0.3 is 5.73 Å². The second kappa shape index (κ2) is 5.36. The van der Waals surface area contributed by atoms with Gasteiger partial charge in [0.1, 0.15) is 0 Å². The third-order valence-corrected chi connectivity index (χ3v) is 4.30. The second-order valence-electron chi connectivity index (χ2n) is 5.89. The number of hydrogen-bond acceptors (Lipinski definition) is 3. The van der Waals surface area contributed by atoms with Crippen LogP contribution in [0.5, 0.6) is 0 Å². The zero-order chi connectivity index (χ0) is 12.3. The van der Waals surface area contributed by atoms with Gasteiger partial charge in [-0.1, -0.05) is 26.2 Å². The zero-order valence-electron chi connectivity index (χ0n) is 10.9. The molecule has 1 heterocycles. The first-order chi connectivity index (χ1) is 8.10. The van der Waals surface area contributed by atoms with E-state index in [1.807, 2.05) is 5.01 Å². The maximum atomic E-state index is 12.3. The molecule has 4 nitrogen and oxygen atoms in total. The molecule has 0 radical (unpaired) electrons. The van der Waals surface area contributed by atoms with E-state index in [9.17, 15) is 4.79 Å². The van der Waals surface area contributed by atoms with Crippen molar-refractivity contribution >= 4 is 5.91 Å². The summed E-state index contributed by atoms with van der Waals surface area (Å²) in [5.41, 5.74) is 8.80. The maximum absolute atomic E-state index is 12.3. The van der Waals surface area contributed by atoms with Crippen molar-refractivity contribution in [2.75, 3.05) is 13.1 Å². The Balaban J connectivity index is 1.83. The fourth-order valence-corrected chi connectivity index (χ4v) is 2.85. The molecule has 0 spiro atoms. The van der Waals surface area contributed by atoms with Crippen molar-refractivity contribution in [2.24, 2.45) is 11.1 Å². The van der Waals surface area contributed by atoms with Crippen molar-refractivity contribution in [3.05, 3.63) is 0 Å². The van der Waals surface area contributed by atoms with Gasteiger partial charge in [0, 0.05) is 24.5 Å². The Kier molecular flexibility index (Phi) is 4.05. The lowest BCUT2D eigenvalue weighted by Crippen LogP contribution is -2.53. The Morgan fingerprint density at radius 3 is 2.41 bits per heavy atom. The molecule has 2 rings (SSSR count). The molecule has 2 fully saturated rings. The number of amides is 1. The first kappa shape index (κ1) is 12.8. The Bertz CT molecular complexity index is 266. The van der Waals surface area contributed by atoms with E-state index in [0.29, 0.717) is 6.04 Å². The summed E-state index contributed by atoms with van der Waals surface area (Å²) in [4.78, 5) is 12.3. The molecule has 0 unspecified atom stereocenters. The Hall–Kier alpha value is -0.610. The number of nitrogens with one attached hydrogen (secondary N) is 1. The largest absolute Gasteiger partial charge is 0.328 e. The van der Waals surface area contributed by atoms with E-state index < -0.39 is 0 Å². The van der Waals surface area contributed by atoms with Crippen molar-refractivity contribution < 1.29 is 4.79 Å². The van der Waals surface area contributed by atoms with Crippen LogP contribution in [0.3, 0.4) is 0 Å². The van der Waals surface area contributed by atoms with Gasteiger partial charge in [-0.2, -0.15) is 0 Å². The van der Waals surface area contributed by atoms with Gasteiger partial charge in [0.15, 0.2) is 0 Å². The highest BCUT2D eigenvalue weighted by Gasteiger charge is 2.35. The molecule has 4 heteroatoms. The second-order valence-corrected chi connectivity index (χ2v) is 5.89. The molecule has 0 bridgehead atoms. The number of carbonyl (C=O) groups is 1. The number of nitrogens with two attached hydrogens (primary N) is 1. The number of hydrogen-bond donors (Lipinski definition) is 2. The van der Waals surface area contributed by atoms with Crippen LogP contribution in [0.2, 0.25) is 0 Å². The first-order valence-electron chi connectivity index (χ1n) is 6.92. The average Bonchev–Trinajstić information content (AvgIpc) is 2.33. The van der Waals surface area contributed by atoms with Gasteiger partial charge in [0.25, 0.3) is 0 Å². The van der Waals surface area contributed by atoms with E-state index >= 15 is 0 Å². The topological polar surface area (TPSA) is 58.4 Å². The maximum Gasteiger partial charge on any atom is 0.240 e. The summed E-state index contributed by atoms with van der Waals surface area (Å²) in [6.45, 7) is 3.89. The van der Waals surface area contributed by atoms with E-state index in [-0.39, 0.29) is 11.3 Å². The normalized spacial score (nSPS) is 26.7. The predicted molar refractivity (Wildman–Crippen MR) is 68.1 cm³/mol. The SMILES string of the molecule is CC1(C(=O)NN2CCC(N)CC2)CCCCC1. The average molecular weight is 239 g/mol. The summed E-state index contributed by atoms with van der Waals surface area (Å²) in [5.74, 6) is 0.215. The third kappa shape index (κ3) is 3.19. The Morgan fingerprint density at radius 1 is 1.24 bits per heavy atom. The fraction of sp³-hybridized carbons (Fsp3) is 0.923. The molecule has 0 atom stereocenters. The summed E-state index contributed by atoms with van der Waals surface area (Å²) >= 11 is 0. The van der Waals surface area contributed by atoms with Crippen LogP contribution in [0.4, 0.5) is 0 Å². The van der Waals surface area contributed by atoms with Gasteiger partial charge in [-0.25, -0.2) is 5.01 Å². The Labute approximate surface area is 104 Å². The van der Waals surface area contributed by atoms with Crippen LogP contribution in [0.15, 0.2) is 0 Å². The molecule has 0 aromatic heterocycles. The molecular formula is C13H25N3O. The molecular weight excluding hydrogens is 214 g/mol. The highest BCUT2D eigenvalue weighted by atomic mass is 16.2. The van der Waals surface area contributed by atoms with Crippen LogP contribution < -0.4 is 11.2 Å². The molecule has 17 heavy (non-hydrogen) atoms. The van der Waals surface area contributed by atoms with E-state index in [2.05, 4.69) is 12.3 Å². The fourth-order valence-electron chi connectivity index (χ4n) is 2.85. The lowest BCUT2D eigenvalue weighted by atomic mass is 9.75. The number of rotatable bonds is 2. The van der Waals surface area contributed by atoms with Crippen molar-refractivity contribution in [1.82, 2.24) is 10.4 Å². The van der Waals surface area contributed by atoms with Crippen LogP contribution in [0.1, 0.15) is 51.9 Å². The highest BCUT2D eigenvalue weighted by molar-refractivity contribution is 5.81. The summed E-state index contributed by atoms with van der Waals surface area (Å²) < 4.78 is 0. The van der Waals surface area contributed by atoms with Crippen LogP contribution in [0, 0.1) is 5.41 Å². The molecule has 1 amide bonds. The molecule has 1 aliphatic heterocycles. The quantitative estimate of drug-likeness (QED) is 0.766. The van der Waals surface area contributed by atoms with Gasteiger partial charge in [-0.15, -0.1) is 0 Å². The van der Waals surface area contributed by atoms with Crippen molar-refractivity contribution in [3.8, 4) is 0 Å². The van der Waals surface area contributed by atoms with Gasteiger partial charge in [-0.3, -0.25) is 10.2 Å². The first-order valence-corrected chi connectivity index (χ1v) is 6.92. The number of nitrogens with zero attached hydrogens (tertiary/aromatic N) is 1. The lowest BCUT2D eigenvalue weighted by molar-refractivity contribution is -0.137. The molecule has 1 saturated heterocycles. The van der Waals surface area contributed by atoms with Crippen LogP contribution >= 0.6 is 0 Å². The number of hydrazine groups is 1. The molecule has 3 N–H and O–H groups in total. The summed E-state index contributed by atoms with van der Waals surface area (Å²) in [5, 5.41) is 2.05. The van der Waals surface area contributed by atoms with E-state index in [0.717, 1.165) is 38.8 Å². The van der Waals surface area contributed by atoms with E-state index in [1.54, 1.807) is 0 Å². The Morgan fingerprint density at radius 2 is 1.82 bits per heavy atom. The van der Waals surface area contributed by atoms with Gasteiger partial charge in [-0.05, 0) is 25.7 Å². The van der Waals surface area contributed by atoms with Crippen LogP contribution in [-0.4, -0.2) is 30.0 Å². The van der Waals surface area contributed by atoms with Gasteiger partial charge in [0.2, 0.25) is 5.91 Å². The lowest BCUT2D eigenvalue weighted by Gasteiger charge is -2.36. The van der Waals surface area contributed by atoms with Crippen LogP contribution in [-0.2, 0) is 4.79 Å². The summed E-state index contributed by atoms with van der Waals surface area (Å²) in [6.07, 6.45) is 7.69. The monoisotopic (exact) mass is 239 g/mol. The molecule has 1 aliphatic carbocycles. The molecule has 0 aromatic rings. The smallest absolute Gasteiger partial charge is 0.240 e. The van der Waals surface area contributed by atoms with Gasteiger partial charge >= 0.3 is 0 Å². The minimum absolute atomic E-state index is 0.141. The molecule has 98 valence electrons. The number of piperidine rings is 1. The van der Waals surface area contributed by atoms with Crippen molar-refractivity contribution in [1.29, 1.82) is 0 Å². The molecule has 2 aliphatic rings. The van der Waals surface area contributed by atoms with Crippen molar-refractivity contribution in [2.45, 2.75) is 57.9 Å². The van der Waals surface area contributed by atoms with Crippen molar-refractivity contribution in [3.63, 3.8) is 0 Å². The van der Waals surface area contributed by atoms with Gasteiger partial charge in [0.05, 0.1) is 0 Å². The van der Waals surface area contributed by atoms with E-state index in [1.165, 1.54) is 19.3 Å². The zero-order valence-corrected chi connectivity index (χ0v) is 10.9. The highest BCUT2D eigenvalue weighted by Crippen LogP contribution is 2.35. The van der Waals surface area contributed by atoms with E-state index in [4.69, 9.17) is 5.73 Å². The minimum Gasteiger partial charge on any atom is -0.328 e. The number of carbonyl (C=O) groups excluding carboxylic acids is 1.